The van der Waals surface area contributed by atoms with Crippen molar-refractivity contribution in [2.45, 2.75) is 32.2 Å². The van der Waals surface area contributed by atoms with Gasteiger partial charge in [0, 0.05) is 31.4 Å². The van der Waals surface area contributed by atoms with Crippen LogP contribution < -0.4 is 4.90 Å². The Bertz CT molecular complexity index is 388. The van der Waals surface area contributed by atoms with Crippen molar-refractivity contribution in [3.05, 3.63) is 29.8 Å². The quantitative estimate of drug-likeness (QED) is 0.770. The Kier molecular flexibility index (Phi) is 3.06. The fourth-order valence-corrected chi connectivity index (χ4v) is 3.33. The summed E-state index contributed by atoms with van der Waals surface area (Å²) in [4.78, 5) is 5.27. The molecule has 0 N–H and O–H groups in total. The van der Waals surface area contributed by atoms with Crippen LogP contribution in [0.5, 0.6) is 0 Å². The minimum atomic E-state index is 0.814. The molecule has 17 heavy (non-hydrogen) atoms. The van der Waals surface area contributed by atoms with E-state index in [4.69, 9.17) is 0 Å². The van der Waals surface area contributed by atoms with Gasteiger partial charge in [-0.2, -0.15) is 0 Å². The summed E-state index contributed by atoms with van der Waals surface area (Å²) in [5, 5.41) is 0. The summed E-state index contributed by atoms with van der Waals surface area (Å²) in [6, 6.07) is 9.72. The molecule has 0 spiro atoms. The van der Waals surface area contributed by atoms with Gasteiger partial charge in [0.2, 0.25) is 0 Å². The van der Waals surface area contributed by atoms with E-state index in [-0.39, 0.29) is 0 Å². The molecule has 0 saturated carbocycles. The van der Waals surface area contributed by atoms with Gasteiger partial charge < -0.3 is 4.90 Å². The van der Waals surface area contributed by atoms with Crippen LogP contribution in [0, 0.1) is 0 Å². The van der Waals surface area contributed by atoms with Crippen molar-refractivity contribution in [2.75, 3.05) is 31.1 Å². The van der Waals surface area contributed by atoms with Gasteiger partial charge in [0.15, 0.2) is 0 Å². The average Bonchev–Trinajstić information content (AvgIpc) is 2.85. The van der Waals surface area contributed by atoms with Gasteiger partial charge >= 0.3 is 0 Å². The predicted molar refractivity (Wildman–Crippen MR) is 72.6 cm³/mol. The van der Waals surface area contributed by atoms with Crippen molar-refractivity contribution >= 4 is 5.69 Å². The number of para-hydroxylation sites is 1. The first-order chi connectivity index (χ1) is 8.38. The Morgan fingerprint density at radius 2 is 2.06 bits per heavy atom. The first-order valence-electron chi connectivity index (χ1n) is 6.95. The molecule has 0 amide bonds. The Hall–Kier alpha value is -1.02. The average molecular weight is 230 g/mol. The number of hydrogen-bond donors (Lipinski definition) is 0. The van der Waals surface area contributed by atoms with Gasteiger partial charge in [-0.25, -0.2) is 0 Å². The smallest absolute Gasteiger partial charge is 0.0399 e. The van der Waals surface area contributed by atoms with E-state index >= 15 is 0 Å². The van der Waals surface area contributed by atoms with Gasteiger partial charge in [-0.05, 0) is 37.4 Å². The maximum atomic E-state index is 2.67. The van der Waals surface area contributed by atoms with E-state index in [0.717, 1.165) is 12.5 Å². The molecule has 2 aliphatic heterocycles. The van der Waals surface area contributed by atoms with Crippen LogP contribution in [0.3, 0.4) is 0 Å². The Balaban J connectivity index is 1.80. The lowest BCUT2D eigenvalue weighted by atomic mass is 10.1. The number of rotatable bonds is 2. The Labute approximate surface area is 104 Å². The van der Waals surface area contributed by atoms with Crippen LogP contribution in [0.4, 0.5) is 5.69 Å². The summed E-state index contributed by atoms with van der Waals surface area (Å²) >= 11 is 0. The number of nitrogens with zero attached hydrogens (tertiary/aromatic N) is 2. The van der Waals surface area contributed by atoms with Crippen LogP contribution in [0.1, 0.15) is 25.3 Å². The van der Waals surface area contributed by atoms with Crippen molar-refractivity contribution in [3.8, 4) is 0 Å². The van der Waals surface area contributed by atoms with Gasteiger partial charge in [-0.3, -0.25) is 4.90 Å². The highest BCUT2D eigenvalue weighted by atomic mass is 15.3. The van der Waals surface area contributed by atoms with E-state index in [9.17, 15) is 0 Å². The maximum Gasteiger partial charge on any atom is 0.0399 e. The van der Waals surface area contributed by atoms with Crippen molar-refractivity contribution in [3.63, 3.8) is 0 Å². The fourth-order valence-electron chi connectivity index (χ4n) is 3.33. The van der Waals surface area contributed by atoms with Crippen molar-refractivity contribution < 1.29 is 0 Å². The number of hydrogen-bond acceptors (Lipinski definition) is 2. The molecule has 0 bridgehead atoms. The molecule has 1 atom stereocenters. The Morgan fingerprint density at radius 3 is 2.94 bits per heavy atom. The summed E-state index contributed by atoms with van der Waals surface area (Å²) in [7, 11) is 0. The molecular weight excluding hydrogens is 208 g/mol. The van der Waals surface area contributed by atoms with Gasteiger partial charge in [-0.1, -0.05) is 25.1 Å². The minimum Gasteiger partial charge on any atom is -0.368 e. The zero-order chi connectivity index (χ0) is 11.7. The number of aryl methyl sites for hydroxylation is 1. The molecule has 1 aromatic rings. The number of benzene rings is 1. The molecule has 1 aromatic carbocycles. The maximum absolute atomic E-state index is 2.67. The molecule has 0 radical (unpaired) electrons. The van der Waals surface area contributed by atoms with Gasteiger partial charge in [0.25, 0.3) is 0 Å². The normalized spacial score (nSPS) is 25.0. The third-order valence-corrected chi connectivity index (χ3v) is 4.30. The zero-order valence-corrected chi connectivity index (χ0v) is 10.7. The van der Waals surface area contributed by atoms with Gasteiger partial charge in [-0.15, -0.1) is 0 Å². The van der Waals surface area contributed by atoms with E-state index < -0.39 is 0 Å². The third kappa shape index (κ3) is 2.06. The lowest BCUT2D eigenvalue weighted by Crippen LogP contribution is -2.50. The summed E-state index contributed by atoms with van der Waals surface area (Å²) in [5.41, 5.74) is 2.97. The minimum absolute atomic E-state index is 0.814. The third-order valence-electron chi connectivity index (χ3n) is 4.30. The van der Waals surface area contributed by atoms with Crippen molar-refractivity contribution in [1.82, 2.24) is 4.90 Å². The Morgan fingerprint density at radius 1 is 1.18 bits per heavy atom. The first kappa shape index (κ1) is 11.1. The molecule has 1 unspecified atom stereocenters. The van der Waals surface area contributed by atoms with E-state index in [1.54, 1.807) is 0 Å². The SMILES string of the molecule is CCc1ccccc1N1CCN2CCCC2C1. The van der Waals surface area contributed by atoms with Crippen LogP contribution in [-0.4, -0.2) is 37.1 Å². The molecule has 2 heteroatoms. The van der Waals surface area contributed by atoms with E-state index in [0.29, 0.717) is 0 Å². The molecule has 92 valence electrons. The molecule has 3 rings (SSSR count). The van der Waals surface area contributed by atoms with Crippen LogP contribution in [-0.2, 0) is 6.42 Å². The molecule has 2 heterocycles. The largest absolute Gasteiger partial charge is 0.368 e. The highest BCUT2D eigenvalue weighted by Gasteiger charge is 2.30. The molecule has 2 aliphatic rings. The number of anilines is 1. The molecule has 2 nitrogen and oxygen atoms in total. The van der Waals surface area contributed by atoms with E-state index in [1.165, 1.54) is 50.3 Å². The molecule has 2 fully saturated rings. The fraction of sp³-hybridized carbons (Fsp3) is 0.600. The molecule has 0 aromatic heterocycles. The molecular formula is C15H22N2. The predicted octanol–water partition coefficient (Wildman–Crippen LogP) is 2.53. The highest BCUT2D eigenvalue weighted by Crippen LogP contribution is 2.27. The van der Waals surface area contributed by atoms with Gasteiger partial charge in [0.1, 0.15) is 0 Å². The van der Waals surface area contributed by atoms with Crippen molar-refractivity contribution in [2.24, 2.45) is 0 Å². The van der Waals surface area contributed by atoms with Crippen LogP contribution in [0.2, 0.25) is 0 Å². The second-order valence-corrected chi connectivity index (χ2v) is 5.26. The summed E-state index contributed by atoms with van der Waals surface area (Å²) in [5.74, 6) is 0. The first-order valence-corrected chi connectivity index (χ1v) is 6.95. The number of piperazine rings is 1. The zero-order valence-electron chi connectivity index (χ0n) is 10.7. The van der Waals surface area contributed by atoms with Crippen molar-refractivity contribution in [1.29, 1.82) is 0 Å². The van der Waals surface area contributed by atoms with E-state index in [1.807, 2.05) is 0 Å². The molecule has 0 aliphatic carbocycles. The second kappa shape index (κ2) is 4.69. The highest BCUT2D eigenvalue weighted by molar-refractivity contribution is 5.54. The second-order valence-electron chi connectivity index (χ2n) is 5.26. The lowest BCUT2D eigenvalue weighted by Gasteiger charge is -2.39. The molecule has 2 saturated heterocycles. The number of fused-ring (bicyclic) bond motifs is 1. The van der Waals surface area contributed by atoms with Gasteiger partial charge in [0.05, 0.1) is 0 Å². The summed E-state index contributed by atoms with van der Waals surface area (Å²) in [6.07, 6.45) is 3.93. The monoisotopic (exact) mass is 230 g/mol. The lowest BCUT2D eigenvalue weighted by molar-refractivity contribution is 0.231. The van der Waals surface area contributed by atoms with E-state index in [2.05, 4.69) is 41.0 Å². The summed E-state index contributed by atoms with van der Waals surface area (Å²) in [6.45, 7) is 7.27. The van der Waals surface area contributed by atoms with Crippen LogP contribution in [0.15, 0.2) is 24.3 Å². The van der Waals surface area contributed by atoms with Crippen LogP contribution >= 0.6 is 0 Å². The van der Waals surface area contributed by atoms with Crippen LogP contribution in [0.25, 0.3) is 0 Å². The topological polar surface area (TPSA) is 6.48 Å². The summed E-state index contributed by atoms with van der Waals surface area (Å²) < 4.78 is 0. The standard InChI is InChI=1S/C15H22N2/c1-2-13-6-3-4-8-15(13)17-11-10-16-9-5-7-14(16)12-17/h3-4,6,8,14H,2,5,7,9-12H2,1H3.